The summed E-state index contributed by atoms with van der Waals surface area (Å²) in [6.45, 7) is 0. The Bertz CT molecular complexity index is 443. The molecule has 0 N–H and O–H groups in total. The second-order valence-electron chi connectivity index (χ2n) is 2.11. The van der Waals surface area contributed by atoms with Gasteiger partial charge in [-0.2, -0.15) is 8.42 Å². The quantitative estimate of drug-likeness (QED) is 0.548. The first-order valence-corrected chi connectivity index (χ1v) is 4.68. The number of hydrogen-bond donors (Lipinski definition) is 0. The van der Waals surface area contributed by atoms with Crippen LogP contribution in [-0.2, 0) is 10.2 Å². The minimum atomic E-state index is -5.20. The Balaban J connectivity index is 3.53. The van der Waals surface area contributed by atoms with Crippen LogP contribution >= 0.6 is 11.6 Å². The minimum Gasteiger partial charge on any atom is -0.205 e. The maximum absolute atomic E-state index is 12.8. The van der Waals surface area contributed by atoms with E-state index in [-0.39, 0.29) is 0 Å². The van der Waals surface area contributed by atoms with Gasteiger partial charge < -0.3 is 0 Å². The first-order valence-electron chi connectivity index (χ1n) is 2.92. The number of hydrogen-bond acceptors (Lipinski definition) is 2. The molecular formula is C6H2ClF3O2S. The molecule has 1 rings (SSSR count). The van der Waals surface area contributed by atoms with E-state index in [0.29, 0.717) is 12.1 Å². The molecule has 0 aliphatic carbocycles. The molecule has 0 atom stereocenters. The minimum absolute atomic E-state index is 0.464. The average molecular weight is 231 g/mol. The second kappa shape index (κ2) is 3.19. The van der Waals surface area contributed by atoms with Crippen molar-refractivity contribution < 1.29 is 21.1 Å². The highest BCUT2D eigenvalue weighted by Gasteiger charge is 2.21. The Kier molecular flexibility index (Phi) is 2.53. The molecule has 7 heteroatoms. The first kappa shape index (κ1) is 10.3. The van der Waals surface area contributed by atoms with Gasteiger partial charge in [-0.3, -0.25) is 0 Å². The van der Waals surface area contributed by atoms with Crippen molar-refractivity contribution in [3.05, 3.63) is 28.8 Å². The Morgan fingerprint density at radius 2 is 1.77 bits per heavy atom. The molecule has 0 radical (unpaired) electrons. The highest BCUT2D eigenvalue weighted by atomic mass is 35.5. The zero-order valence-corrected chi connectivity index (χ0v) is 7.46. The van der Waals surface area contributed by atoms with Crippen molar-refractivity contribution in [1.29, 1.82) is 0 Å². The molecule has 0 saturated carbocycles. The lowest BCUT2D eigenvalue weighted by Crippen LogP contribution is -1.98. The molecule has 0 unspecified atom stereocenters. The fourth-order valence-electron chi connectivity index (χ4n) is 0.696. The van der Waals surface area contributed by atoms with Gasteiger partial charge in [-0.05, 0) is 12.1 Å². The van der Waals surface area contributed by atoms with Gasteiger partial charge in [-0.25, -0.2) is 8.78 Å². The summed E-state index contributed by atoms with van der Waals surface area (Å²) in [4.78, 5) is -1.26. The van der Waals surface area contributed by atoms with Crippen LogP contribution in [0.25, 0.3) is 0 Å². The summed E-state index contributed by atoms with van der Waals surface area (Å²) in [6.07, 6.45) is 0. The zero-order valence-electron chi connectivity index (χ0n) is 5.89. The van der Waals surface area contributed by atoms with E-state index in [1.807, 2.05) is 0 Å². The topological polar surface area (TPSA) is 34.1 Å². The molecule has 0 spiro atoms. The molecule has 0 fully saturated rings. The van der Waals surface area contributed by atoms with E-state index in [4.69, 9.17) is 11.6 Å². The van der Waals surface area contributed by atoms with Crippen molar-refractivity contribution >= 4 is 21.8 Å². The lowest BCUT2D eigenvalue weighted by molar-refractivity contribution is 0.526. The van der Waals surface area contributed by atoms with Crippen molar-refractivity contribution in [1.82, 2.24) is 0 Å². The molecule has 1 aromatic carbocycles. The summed E-state index contributed by atoms with van der Waals surface area (Å²) in [5.74, 6) is -2.77. The van der Waals surface area contributed by atoms with Gasteiger partial charge >= 0.3 is 10.2 Å². The van der Waals surface area contributed by atoms with Crippen molar-refractivity contribution in [3.63, 3.8) is 0 Å². The van der Waals surface area contributed by atoms with E-state index in [2.05, 4.69) is 0 Å². The molecule has 0 bridgehead atoms. The standard InChI is InChI=1S/C6H2ClF3O2S/c7-5-3(8)1-2-4(6(5)9)13(10,11)12/h1-2H. The van der Waals surface area contributed by atoms with Crippen LogP contribution in [0.5, 0.6) is 0 Å². The molecule has 0 aliphatic heterocycles. The Hall–Kier alpha value is -0.750. The highest BCUT2D eigenvalue weighted by molar-refractivity contribution is 7.86. The van der Waals surface area contributed by atoms with E-state index < -0.39 is 31.8 Å². The van der Waals surface area contributed by atoms with Crippen LogP contribution in [0.1, 0.15) is 0 Å². The van der Waals surface area contributed by atoms with Gasteiger partial charge in [0.05, 0.1) is 0 Å². The molecule has 2 nitrogen and oxygen atoms in total. The highest BCUT2D eigenvalue weighted by Crippen LogP contribution is 2.25. The zero-order chi connectivity index (χ0) is 10.2. The first-order chi connectivity index (χ1) is 5.84. The third-order valence-electron chi connectivity index (χ3n) is 1.26. The Labute approximate surface area is 77.2 Å². The maximum Gasteiger partial charge on any atom is 0.335 e. The Morgan fingerprint density at radius 3 is 2.23 bits per heavy atom. The fraction of sp³-hybridized carbons (Fsp3) is 0. The van der Waals surface area contributed by atoms with Crippen LogP contribution < -0.4 is 0 Å². The lowest BCUT2D eigenvalue weighted by atomic mass is 10.3. The van der Waals surface area contributed by atoms with Crippen LogP contribution in [0.15, 0.2) is 17.0 Å². The maximum atomic E-state index is 12.8. The van der Waals surface area contributed by atoms with E-state index in [9.17, 15) is 21.1 Å². The summed E-state index contributed by atoms with van der Waals surface area (Å²) in [6, 6.07) is 1.03. The van der Waals surface area contributed by atoms with Crippen molar-refractivity contribution in [2.24, 2.45) is 0 Å². The third kappa shape index (κ3) is 1.94. The molecule has 0 amide bonds. The second-order valence-corrected chi connectivity index (χ2v) is 3.80. The Morgan fingerprint density at radius 1 is 1.23 bits per heavy atom. The van der Waals surface area contributed by atoms with Gasteiger partial charge in [0.1, 0.15) is 15.7 Å². The largest absolute Gasteiger partial charge is 0.335 e. The predicted molar refractivity (Wildman–Crippen MR) is 39.7 cm³/mol. The molecule has 0 aromatic heterocycles. The molecule has 0 heterocycles. The smallest absolute Gasteiger partial charge is 0.205 e. The van der Waals surface area contributed by atoms with Crippen LogP contribution in [0, 0.1) is 11.6 Å². The normalized spacial score (nSPS) is 11.7. The summed E-state index contributed by atoms with van der Waals surface area (Å²) >= 11 is 5.01. The van der Waals surface area contributed by atoms with Gasteiger partial charge in [0.15, 0.2) is 5.82 Å². The van der Waals surface area contributed by atoms with Gasteiger partial charge in [0, 0.05) is 0 Å². The summed E-state index contributed by atoms with van der Waals surface area (Å²) in [5, 5.41) is -1.04. The molecule has 0 aliphatic rings. The number of halogens is 4. The van der Waals surface area contributed by atoms with Crippen LogP contribution in [0.2, 0.25) is 5.02 Å². The molecule has 1 aromatic rings. The van der Waals surface area contributed by atoms with Crippen LogP contribution in [-0.4, -0.2) is 8.42 Å². The van der Waals surface area contributed by atoms with Gasteiger partial charge in [0.25, 0.3) is 0 Å². The third-order valence-corrected chi connectivity index (χ3v) is 2.45. The van der Waals surface area contributed by atoms with Crippen LogP contribution in [0.4, 0.5) is 12.7 Å². The van der Waals surface area contributed by atoms with Crippen LogP contribution in [0.3, 0.4) is 0 Å². The molecule has 72 valence electrons. The van der Waals surface area contributed by atoms with Crippen molar-refractivity contribution in [2.45, 2.75) is 4.90 Å². The number of benzene rings is 1. The van der Waals surface area contributed by atoms with E-state index in [1.54, 1.807) is 0 Å². The number of rotatable bonds is 1. The molecular weight excluding hydrogens is 229 g/mol. The van der Waals surface area contributed by atoms with Crippen molar-refractivity contribution in [2.75, 3.05) is 0 Å². The van der Waals surface area contributed by atoms with Gasteiger partial charge in [0.2, 0.25) is 0 Å². The predicted octanol–water partition coefficient (Wildman–Crippen LogP) is 2.28. The fourth-order valence-corrected chi connectivity index (χ4v) is 1.46. The summed E-state index contributed by atoms with van der Waals surface area (Å²) in [7, 11) is -5.20. The summed E-state index contributed by atoms with van der Waals surface area (Å²) < 4.78 is 57.9. The average Bonchev–Trinajstić information content (AvgIpc) is 1.98. The van der Waals surface area contributed by atoms with Crippen molar-refractivity contribution in [3.8, 4) is 0 Å². The van der Waals surface area contributed by atoms with Gasteiger partial charge in [-0.1, -0.05) is 11.6 Å². The molecule has 13 heavy (non-hydrogen) atoms. The molecule has 0 saturated heterocycles. The summed E-state index contributed by atoms with van der Waals surface area (Å²) in [5.41, 5.74) is 0. The monoisotopic (exact) mass is 230 g/mol. The van der Waals surface area contributed by atoms with E-state index in [1.165, 1.54) is 0 Å². The van der Waals surface area contributed by atoms with E-state index in [0.717, 1.165) is 0 Å². The van der Waals surface area contributed by atoms with E-state index >= 15 is 0 Å². The SMILES string of the molecule is O=S(=O)(F)c1ccc(F)c(Cl)c1F. The lowest BCUT2D eigenvalue weighted by Gasteiger charge is -1.99. The van der Waals surface area contributed by atoms with Gasteiger partial charge in [-0.15, -0.1) is 3.89 Å².